The molecule has 2 aromatic carbocycles. The molecular weight excluding hydrogens is 322 g/mol. The molecule has 3 aromatic rings. The molecule has 0 saturated carbocycles. The predicted molar refractivity (Wildman–Crippen MR) is 106 cm³/mol. The molecule has 0 saturated heterocycles. The summed E-state index contributed by atoms with van der Waals surface area (Å²) in [6.07, 6.45) is 3.43. The van der Waals surface area contributed by atoms with Gasteiger partial charge in [-0.15, -0.1) is 0 Å². The van der Waals surface area contributed by atoms with Gasteiger partial charge in [0.05, 0.1) is 5.56 Å². The Hall–Kier alpha value is -3.14. The quantitative estimate of drug-likeness (QED) is 0.669. The summed E-state index contributed by atoms with van der Waals surface area (Å²) >= 11 is 0. The van der Waals surface area contributed by atoms with Gasteiger partial charge in [0.1, 0.15) is 5.82 Å². The summed E-state index contributed by atoms with van der Waals surface area (Å²) in [7, 11) is 0. The van der Waals surface area contributed by atoms with E-state index in [0.29, 0.717) is 12.1 Å². The zero-order chi connectivity index (χ0) is 18.2. The number of amides is 1. The molecular formula is C22H23N3O. The molecule has 0 aliphatic carbocycles. The van der Waals surface area contributed by atoms with Crippen LogP contribution in [0.1, 0.15) is 28.4 Å². The van der Waals surface area contributed by atoms with Gasteiger partial charge in [-0.3, -0.25) is 4.79 Å². The van der Waals surface area contributed by atoms with Crippen molar-refractivity contribution < 1.29 is 4.79 Å². The van der Waals surface area contributed by atoms with Crippen LogP contribution < -0.4 is 10.6 Å². The Morgan fingerprint density at radius 2 is 1.69 bits per heavy atom. The van der Waals surface area contributed by atoms with E-state index in [0.717, 1.165) is 24.3 Å². The molecule has 1 aromatic heterocycles. The molecule has 1 amide bonds. The van der Waals surface area contributed by atoms with Crippen LogP contribution >= 0.6 is 0 Å². The van der Waals surface area contributed by atoms with E-state index >= 15 is 0 Å². The average molecular weight is 345 g/mol. The summed E-state index contributed by atoms with van der Waals surface area (Å²) in [5.74, 6) is 0.613. The zero-order valence-electron chi connectivity index (χ0n) is 14.9. The van der Waals surface area contributed by atoms with Crippen molar-refractivity contribution in [1.82, 2.24) is 10.3 Å². The van der Waals surface area contributed by atoms with Crippen LogP contribution in [0.25, 0.3) is 0 Å². The first kappa shape index (κ1) is 17.7. The van der Waals surface area contributed by atoms with Crippen LogP contribution in [0.4, 0.5) is 11.5 Å². The number of aryl methyl sites for hydroxylation is 1. The zero-order valence-corrected chi connectivity index (χ0v) is 14.9. The molecule has 0 fully saturated rings. The number of rotatable bonds is 7. The SMILES string of the molecule is CCc1ccc(Nc2ccc(C(=O)NCCc3ccccc3)cn2)cc1. The van der Waals surface area contributed by atoms with Gasteiger partial charge >= 0.3 is 0 Å². The van der Waals surface area contributed by atoms with Gasteiger partial charge in [-0.1, -0.05) is 49.4 Å². The van der Waals surface area contributed by atoms with E-state index in [4.69, 9.17) is 0 Å². The number of aromatic nitrogens is 1. The second-order valence-corrected chi connectivity index (χ2v) is 6.10. The second kappa shape index (κ2) is 8.81. The monoisotopic (exact) mass is 345 g/mol. The molecule has 26 heavy (non-hydrogen) atoms. The van der Waals surface area contributed by atoms with Gasteiger partial charge < -0.3 is 10.6 Å². The van der Waals surface area contributed by atoms with E-state index in [1.54, 1.807) is 12.3 Å². The molecule has 0 radical (unpaired) electrons. The second-order valence-electron chi connectivity index (χ2n) is 6.10. The molecule has 2 N–H and O–H groups in total. The first-order valence-electron chi connectivity index (χ1n) is 8.89. The number of benzene rings is 2. The fourth-order valence-corrected chi connectivity index (χ4v) is 2.64. The number of hydrogen-bond acceptors (Lipinski definition) is 3. The van der Waals surface area contributed by atoms with Crippen LogP contribution in [0.5, 0.6) is 0 Å². The van der Waals surface area contributed by atoms with E-state index in [1.165, 1.54) is 11.1 Å². The Kier molecular flexibility index (Phi) is 5.99. The number of carbonyl (C=O) groups is 1. The maximum atomic E-state index is 12.2. The first-order chi connectivity index (χ1) is 12.7. The lowest BCUT2D eigenvalue weighted by Crippen LogP contribution is -2.25. The summed E-state index contributed by atoms with van der Waals surface area (Å²) in [6.45, 7) is 2.74. The molecule has 1 heterocycles. The van der Waals surface area contributed by atoms with Crippen molar-refractivity contribution in [3.63, 3.8) is 0 Å². The van der Waals surface area contributed by atoms with E-state index < -0.39 is 0 Å². The van der Waals surface area contributed by atoms with Gasteiger partial charge in [-0.2, -0.15) is 0 Å². The van der Waals surface area contributed by atoms with Crippen LogP contribution in [-0.2, 0) is 12.8 Å². The van der Waals surface area contributed by atoms with Crippen molar-refractivity contribution in [2.45, 2.75) is 19.8 Å². The molecule has 0 atom stereocenters. The molecule has 0 unspecified atom stereocenters. The van der Waals surface area contributed by atoms with E-state index in [2.05, 4.69) is 46.8 Å². The van der Waals surface area contributed by atoms with Crippen molar-refractivity contribution in [3.8, 4) is 0 Å². The number of carbonyl (C=O) groups excluding carboxylic acids is 1. The first-order valence-corrected chi connectivity index (χ1v) is 8.89. The minimum Gasteiger partial charge on any atom is -0.352 e. The number of anilines is 2. The molecule has 0 bridgehead atoms. The van der Waals surface area contributed by atoms with Crippen molar-refractivity contribution in [2.24, 2.45) is 0 Å². The van der Waals surface area contributed by atoms with Gasteiger partial charge in [0.15, 0.2) is 0 Å². The summed E-state index contributed by atoms with van der Waals surface area (Å²) in [4.78, 5) is 16.5. The topological polar surface area (TPSA) is 54.0 Å². The lowest BCUT2D eigenvalue weighted by molar-refractivity contribution is 0.0954. The van der Waals surface area contributed by atoms with Gasteiger partial charge in [-0.05, 0) is 48.2 Å². The highest BCUT2D eigenvalue weighted by atomic mass is 16.1. The molecule has 0 spiro atoms. The Morgan fingerprint density at radius 3 is 2.35 bits per heavy atom. The van der Waals surface area contributed by atoms with Crippen LogP contribution in [0, 0.1) is 0 Å². The summed E-state index contributed by atoms with van der Waals surface area (Å²) in [5, 5.41) is 6.17. The van der Waals surface area contributed by atoms with Crippen molar-refractivity contribution in [1.29, 1.82) is 0 Å². The third kappa shape index (κ3) is 4.93. The minimum atomic E-state index is -0.104. The molecule has 0 aliphatic heterocycles. The molecule has 4 nitrogen and oxygen atoms in total. The van der Waals surface area contributed by atoms with Crippen LogP contribution in [-0.4, -0.2) is 17.4 Å². The number of hydrogen-bond donors (Lipinski definition) is 2. The van der Waals surface area contributed by atoms with Gasteiger partial charge in [0.2, 0.25) is 0 Å². The van der Waals surface area contributed by atoms with Gasteiger partial charge in [0, 0.05) is 18.4 Å². The van der Waals surface area contributed by atoms with Crippen molar-refractivity contribution in [3.05, 3.63) is 89.6 Å². The van der Waals surface area contributed by atoms with Crippen LogP contribution in [0.15, 0.2) is 72.9 Å². The Balaban J connectivity index is 1.52. The Bertz CT molecular complexity index is 828. The lowest BCUT2D eigenvalue weighted by Gasteiger charge is -2.08. The van der Waals surface area contributed by atoms with E-state index in [9.17, 15) is 4.79 Å². The standard InChI is InChI=1S/C22H23N3O/c1-2-17-8-11-20(12-9-17)25-21-13-10-19(16-24-21)22(26)23-15-14-18-6-4-3-5-7-18/h3-13,16H,2,14-15H2,1H3,(H,23,26)(H,24,25). The highest BCUT2D eigenvalue weighted by Crippen LogP contribution is 2.15. The van der Waals surface area contributed by atoms with Gasteiger partial charge in [0.25, 0.3) is 5.91 Å². The fraction of sp³-hybridized carbons (Fsp3) is 0.182. The lowest BCUT2D eigenvalue weighted by atomic mass is 10.1. The smallest absolute Gasteiger partial charge is 0.252 e. The van der Waals surface area contributed by atoms with E-state index in [1.807, 2.05) is 36.4 Å². The molecule has 132 valence electrons. The summed E-state index contributed by atoms with van der Waals surface area (Å²) < 4.78 is 0. The Labute approximate surface area is 154 Å². The number of nitrogens with zero attached hydrogens (tertiary/aromatic N) is 1. The molecule has 3 rings (SSSR count). The van der Waals surface area contributed by atoms with E-state index in [-0.39, 0.29) is 5.91 Å². The highest BCUT2D eigenvalue weighted by Gasteiger charge is 2.06. The fourth-order valence-electron chi connectivity index (χ4n) is 2.64. The highest BCUT2D eigenvalue weighted by molar-refractivity contribution is 5.94. The van der Waals surface area contributed by atoms with Crippen molar-refractivity contribution in [2.75, 3.05) is 11.9 Å². The van der Waals surface area contributed by atoms with Crippen LogP contribution in [0.3, 0.4) is 0 Å². The minimum absolute atomic E-state index is 0.104. The van der Waals surface area contributed by atoms with Crippen LogP contribution in [0.2, 0.25) is 0 Å². The molecule has 0 aliphatic rings. The third-order valence-electron chi connectivity index (χ3n) is 4.20. The molecule has 4 heteroatoms. The number of nitrogens with one attached hydrogen (secondary N) is 2. The third-order valence-corrected chi connectivity index (χ3v) is 4.20. The normalized spacial score (nSPS) is 10.3. The predicted octanol–water partition coefficient (Wildman–Crippen LogP) is 4.36. The summed E-state index contributed by atoms with van der Waals surface area (Å²) in [5.41, 5.74) is 4.05. The number of pyridine rings is 1. The Morgan fingerprint density at radius 1 is 0.923 bits per heavy atom. The maximum Gasteiger partial charge on any atom is 0.252 e. The summed E-state index contributed by atoms with van der Waals surface area (Å²) in [6, 6.07) is 22.0. The average Bonchev–Trinajstić information content (AvgIpc) is 2.70. The maximum absolute atomic E-state index is 12.2. The largest absolute Gasteiger partial charge is 0.352 e. The van der Waals surface area contributed by atoms with Crippen molar-refractivity contribution >= 4 is 17.4 Å². The van der Waals surface area contributed by atoms with Gasteiger partial charge in [-0.25, -0.2) is 4.98 Å².